The third-order valence-electron chi connectivity index (χ3n) is 5.09. The zero-order chi connectivity index (χ0) is 14.8. The fourth-order valence-electron chi connectivity index (χ4n) is 3.57. The number of aromatic nitrogens is 1. The van der Waals surface area contributed by atoms with Crippen LogP contribution in [0, 0.1) is 5.92 Å². The number of amides is 1. The molecule has 1 aromatic heterocycles. The summed E-state index contributed by atoms with van der Waals surface area (Å²) in [5.41, 5.74) is 1.85. The van der Waals surface area contributed by atoms with Crippen LogP contribution in [0.15, 0.2) is 30.5 Å². The van der Waals surface area contributed by atoms with Crippen LogP contribution in [-0.2, 0) is 0 Å². The highest BCUT2D eigenvalue weighted by atomic mass is 16.2. The van der Waals surface area contributed by atoms with E-state index in [1.165, 1.54) is 19.3 Å². The quantitative estimate of drug-likeness (QED) is 0.900. The second kappa shape index (κ2) is 5.92. The molecule has 21 heavy (non-hydrogen) atoms. The fourth-order valence-corrected chi connectivity index (χ4v) is 3.57. The summed E-state index contributed by atoms with van der Waals surface area (Å²) >= 11 is 0. The van der Waals surface area contributed by atoms with Gasteiger partial charge in [-0.1, -0.05) is 19.4 Å². The number of aromatic amines is 1. The average Bonchev–Trinajstić information content (AvgIpc) is 3.02. The van der Waals surface area contributed by atoms with Gasteiger partial charge in [0.15, 0.2) is 0 Å². The summed E-state index contributed by atoms with van der Waals surface area (Å²) < 4.78 is 0. The van der Waals surface area contributed by atoms with Crippen LogP contribution in [-0.4, -0.2) is 28.9 Å². The Balaban J connectivity index is 1.77. The topological polar surface area (TPSA) is 36.1 Å². The zero-order valence-electron chi connectivity index (χ0n) is 12.9. The van der Waals surface area contributed by atoms with Gasteiger partial charge in [-0.3, -0.25) is 4.79 Å². The third-order valence-corrected chi connectivity index (χ3v) is 5.09. The van der Waals surface area contributed by atoms with E-state index in [4.69, 9.17) is 0 Å². The van der Waals surface area contributed by atoms with Crippen LogP contribution in [0.25, 0.3) is 10.9 Å². The molecule has 2 aromatic rings. The summed E-state index contributed by atoms with van der Waals surface area (Å²) in [6, 6.07) is 8.29. The molecule has 0 radical (unpaired) electrons. The Hall–Kier alpha value is -1.77. The van der Waals surface area contributed by atoms with Gasteiger partial charge in [0.05, 0.1) is 0 Å². The second-order valence-electron chi connectivity index (χ2n) is 6.24. The van der Waals surface area contributed by atoms with Crippen molar-refractivity contribution in [2.45, 2.75) is 45.1 Å². The monoisotopic (exact) mass is 284 g/mol. The van der Waals surface area contributed by atoms with Crippen LogP contribution < -0.4 is 0 Å². The molecule has 112 valence electrons. The van der Waals surface area contributed by atoms with Gasteiger partial charge in [0.25, 0.3) is 5.91 Å². The first-order valence-electron chi connectivity index (χ1n) is 8.04. The van der Waals surface area contributed by atoms with Crippen molar-refractivity contribution in [1.29, 1.82) is 0 Å². The lowest BCUT2D eigenvalue weighted by Crippen LogP contribution is -2.39. The normalized spacial score (nSPS) is 22.4. The van der Waals surface area contributed by atoms with Crippen molar-refractivity contribution in [2.24, 2.45) is 5.92 Å². The van der Waals surface area contributed by atoms with Crippen LogP contribution in [0.2, 0.25) is 0 Å². The molecule has 1 amide bonds. The van der Waals surface area contributed by atoms with Crippen LogP contribution in [0.1, 0.15) is 49.4 Å². The summed E-state index contributed by atoms with van der Waals surface area (Å²) in [7, 11) is 1.96. The largest absolute Gasteiger partial charge is 0.361 e. The molecule has 0 atom stereocenters. The first-order valence-corrected chi connectivity index (χ1v) is 8.04. The SMILES string of the molecule is CCC1CCC(N(C)C(=O)c2cccc3[nH]ccc23)CC1. The Bertz CT molecular complexity index is 623. The number of rotatable bonds is 3. The molecule has 1 heterocycles. The van der Waals surface area contributed by atoms with Gasteiger partial charge in [0.2, 0.25) is 0 Å². The number of carbonyl (C=O) groups excluding carboxylic acids is 1. The minimum absolute atomic E-state index is 0.153. The van der Waals surface area contributed by atoms with Gasteiger partial charge in [0.1, 0.15) is 0 Å². The molecule has 1 N–H and O–H groups in total. The fraction of sp³-hybridized carbons (Fsp3) is 0.500. The maximum Gasteiger partial charge on any atom is 0.254 e. The van der Waals surface area contributed by atoms with E-state index in [0.29, 0.717) is 6.04 Å². The second-order valence-corrected chi connectivity index (χ2v) is 6.24. The maximum absolute atomic E-state index is 12.8. The molecular formula is C18H24N2O. The van der Waals surface area contributed by atoms with Gasteiger partial charge in [-0.05, 0) is 49.8 Å². The lowest BCUT2D eigenvalue weighted by molar-refractivity contribution is 0.0676. The van der Waals surface area contributed by atoms with E-state index in [9.17, 15) is 4.79 Å². The first-order chi connectivity index (χ1) is 10.2. The van der Waals surface area contributed by atoms with E-state index in [1.54, 1.807) is 0 Å². The van der Waals surface area contributed by atoms with Crippen molar-refractivity contribution in [3.05, 3.63) is 36.0 Å². The molecule has 3 rings (SSSR count). The number of nitrogens with one attached hydrogen (secondary N) is 1. The molecule has 3 nitrogen and oxygen atoms in total. The van der Waals surface area contributed by atoms with E-state index < -0.39 is 0 Å². The highest BCUT2D eigenvalue weighted by Gasteiger charge is 2.27. The summed E-state index contributed by atoms with van der Waals surface area (Å²) in [6.45, 7) is 2.27. The highest BCUT2D eigenvalue weighted by Crippen LogP contribution is 2.30. The zero-order valence-corrected chi connectivity index (χ0v) is 12.9. The molecule has 3 heteroatoms. The molecule has 1 aliphatic carbocycles. The van der Waals surface area contributed by atoms with Crippen LogP contribution in [0.4, 0.5) is 0 Å². The number of hydrogen-bond acceptors (Lipinski definition) is 1. The summed E-state index contributed by atoms with van der Waals surface area (Å²) in [4.78, 5) is 18.0. The standard InChI is InChI=1S/C18H24N2O/c1-3-13-7-9-14(10-8-13)20(2)18(21)16-5-4-6-17-15(16)11-12-19-17/h4-6,11-14,19H,3,7-10H2,1-2H3. The van der Waals surface area contributed by atoms with E-state index in [1.807, 2.05) is 42.4 Å². The van der Waals surface area contributed by atoms with E-state index in [-0.39, 0.29) is 5.91 Å². The van der Waals surface area contributed by atoms with Gasteiger partial charge < -0.3 is 9.88 Å². The van der Waals surface area contributed by atoms with Gasteiger partial charge in [0, 0.05) is 35.8 Å². The number of fused-ring (bicyclic) bond motifs is 1. The third kappa shape index (κ3) is 2.69. The minimum Gasteiger partial charge on any atom is -0.361 e. The summed E-state index contributed by atoms with van der Waals surface area (Å²) in [5.74, 6) is 1.01. The molecule has 1 aliphatic rings. The maximum atomic E-state index is 12.8. The molecular weight excluding hydrogens is 260 g/mol. The van der Waals surface area contributed by atoms with Crippen molar-refractivity contribution >= 4 is 16.8 Å². The predicted octanol–water partition coefficient (Wildman–Crippen LogP) is 4.21. The lowest BCUT2D eigenvalue weighted by Gasteiger charge is -2.34. The predicted molar refractivity (Wildman–Crippen MR) is 86.4 cm³/mol. The number of hydrogen-bond donors (Lipinski definition) is 1. The van der Waals surface area contributed by atoms with Crippen LogP contribution in [0.5, 0.6) is 0 Å². The number of benzene rings is 1. The molecule has 1 aromatic carbocycles. The minimum atomic E-state index is 0.153. The molecule has 1 fully saturated rings. The van der Waals surface area contributed by atoms with E-state index >= 15 is 0 Å². The molecule has 1 saturated carbocycles. The molecule has 0 bridgehead atoms. The van der Waals surface area contributed by atoms with E-state index in [0.717, 1.165) is 35.2 Å². The van der Waals surface area contributed by atoms with Crippen molar-refractivity contribution in [3.8, 4) is 0 Å². The lowest BCUT2D eigenvalue weighted by atomic mass is 9.84. The van der Waals surface area contributed by atoms with Gasteiger partial charge in [-0.2, -0.15) is 0 Å². The molecule has 0 aliphatic heterocycles. The van der Waals surface area contributed by atoms with Gasteiger partial charge in [-0.15, -0.1) is 0 Å². The number of nitrogens with zero attached hydrogens (tertiary/aromatic N) is 1. The molecule has 0 spiro atoms. The Labute approximate surface area is 126 Å². The molecule has 0 saturated heterocycles. The molecule has 0 unspecified atom stereocenters. The van der Waals surface area contributed by atoms with Crippen molar-refractivity contribution in [1.82, 2.24) is 9.88 Å². The average molecular weight is 284 g/mol. The highest BCUT2D eigenvalue weighted by molar-refractivity contribution is 6.06. The number of H-pyrrole nitrogens is 1. The Kier molecular flexibility index (Phi) is 4.00. The van der Waals surface area contributed by atoms with E-state index in [2.05, 4.69) is 11.9 Å². The van der Waals surface area contributed by atoms with Crippen molar-refractivity contribution in [3.63, 3.8) is 0 Å². The smallest absolute Gasteiger partial charge is 0.254 e. The Morgan fingerprint density at radius 1 is 1.24 bits per heavy atom. The summed E-state index contributed by atoms with van der Waals surface area (Å²) in [6.07, 6.45) is 7.97. The Morgan fingerprint density at radius 2 is 2.00 bits per heavy atom. The Morgan fingerprint density at radius 3 is 2.71 bits per heavy atom. The summed E-state index contributed by atoms with van der Waals surface area (Å²) in [5, 5.41) is 1.02. The van der Waals surface area contributed by atoms with Crippen LogP contribution >= 0.6 is 0 Å². The van der Waals surface area contributed by atoms with Crippen molar-refractivity contribution < 1.29 is 4.79 Å². The van der Waals surface area contributed by atoms with Crippen molar-refractivity contribution in [2.75, 3.05) is 7.05 Å². The van der Waals surface area contributed by atoms with Crippen LogP contribution in [0.3, 0.4) is 0 Å². The van der Waals surface area contributed by atoms with Gasteiger partial charge >= 0.3 is 0 Å². The number of carbonyl (C=O) groups is 1. The first kappa shape index (κ1) is 14.2. The van der Waals surface area contributed by atoms with Gasteiger partial charge in [-0.25, -0.2) is 0 Å².